The minimum atomic E-state index is -1.02. The van der Waals surface area contributed by atoms with Crippen molar-refractivity contribution in [3.8, 4) is 0 Å². The lowest BCUT2D eigenvalue weighted by Gasteiger charge is -2.36. The van der Waals surface area contributed by atoms with Crippen LogP contribution in [0.5, 0.6) is 0 Å². The molecule has 3 N–H and O–H groups in total. The second kappa shape index (κ2) is 9.54. The molecule has 1 atom stereocenters. The van der Waals surface area contributed by atoms with E-state index in [0.717, 1.165) is 19.6 Å². The smallest absolute Gasteiger partial charge is 0.408 e. The van der Waals surface area contributed by atoms with Crippen LogP contribution in [0.2, 0.25) is 0 Å². The Bertz CT molecular complexity index is 679. The molecule has 1 saturated heterocycles. The highest BCUT2D eigenvalue weighted by atomic mass is 16.6. The van der Waals surface area contributed by atoms with Crippen LogP contribution >= 0.6 is 0 Å². The fraction of sp³-hybridized carbons (Fsp3) is 0.550. The Morgan fingerprint density at radius 3 is 2.25 bits per heavy atom. The molecule has 8 heteroatoms. The lowest BCUT2D eigenvalue weighted by atomic mass is 10.1. The number of nitrogens with one attached hydrogen (secondary N) is 1. The standard InChI is InChI=1S/C20H30N4O4/c1-20(2,3)28-19(27)22-16(13-17(21)25)18(26)24-11-9-23(10-12-24)14-15-7-5-4-6-8-15/h4-8,16H,9-14H2,1-3H3,(H2,21,25)(H,22,27)/t16-/m0/s1. The van der Waals surface area contributed by atoms with Crippen molar-refractivity contribution in [3.63, 3.8) is 0 Å². The predicted molar refractivity (Wildman–Crippen MR) is 105 cm³/mol. The largest absolute Gasteiger partial charge is 0.444 e. The van der Waals surface area contributed by atoms with Gasteiger partial charge in [-0.05, 0) is 26.3 Å². The number of carbonyl (C=O) groups is 3. The number of benzene rings is 1. The number of amides is 3. The summed E-state index contributed by atoms with van der Waals surface area (Å²) in [5.74, 6) is -0.971. The molecule has 1 aliphatic heterocycles. The summed E-state index contributed by atoms with van der Waals surface area (Å²) < 4.78 is 5.19. The molecule has 3 amide bonds. The zero-order valence-electron chi connectivity index (χ0n) is 16.8. The molecule has 0 aliphatic carbocycles. The van der Waals surface area contributed by atoms with Gasteiger partial charge >= 0.3 is 6.09 Å². The van der Waals surface area contributed by atoms with E-state index in [0.29, 0.717) is 13.1 Å². The average Bonchev–Trinajstić information content (AvgIpc) is 2.60. The number of rotatable bonds is 6. The molecule has 1 heterocycles. The van der Waals surface area contributed by atoms with Gasteiger partial charge in [-0.15, -0.1) is 0 Å². The Kier molecular flexibility index (Phi) is 7.39. The van der Waals surface area contributed by atoms with Crippen molar-refractivity contribution in [3.05, 3.63) is 35.9 Å². The van der Waals surface area contributed by atoms with Crippen LogP contribution in [0.4, 0.5) is 4.79 Å². The van der Waals surface area contributed by atoms with Crippen molar-refractivity contribution in [2.75, 3.05) is 26.2 Å². The van der Waals surface area contributed by atoms with Crippen molar-refractivity contribution in [1.82, 2.24) is 15.1 Å². The highest BCUT2D eigenvalue weighted by Crippen LogP contribution is 2.11. The number of nitrogens with zero attached hydrogens (tertiary/aromatic N) is 2. The number of ether oxygens (including phenoxy) is 1. The molecule has 8 nitrogen and oxygen atoms in total. The van der Waals surface area contributed by atoms with Gasteiger partial charge in [0.15, 0.2) is 0 Å². The molecular weight excluding hydrogens is 360 g/mol. The summed E-state index contributed by atoms with van der Waals surface area (Å²) in [7, 11) is 0. The maximum absolute atomic E-state index is 12.8. The number of primary amides is 1. The van der Waals surface area contributed by atoms with Gasteiger partial charge in [0, 0.05) is 32.7 Å². The van der Waals surface area contributed by atoms with Gasteiger partial charge < -0.3 is 20.7 Å². The second-order valence-electron chi connectivity index (χ2n) is 7.96. The average molecular weight is 390 g/mol. The van der Waals surface area contributed by atoms with Crippen LogP contribution in [-0.4, -0.2) is 65.5 Å². The Hall–Kier alpha value is -2.61. The Morgan fingerprint density at radius 1 is 1.11 bits per heavy atom. The molecule has 1 aliphatic rings. The first-order valence-corrected chi connectivity index (χ1v) is 9.47. The van der Waals surface area contributed by atoms with Gasteiger partial charge in [0.2, 0.25) is 11.8 Å². The van der Waals surface area contributed by atoms with Crippen LogP contribution in [0.3, 0.4) is 0 Å². The van der Waals surface area contributed by atoms with E-state index in [1.807, 2.05) is 18.2 Å². The zero-order valence-corrected chi connectivity index (χ0v) is 16.8. The minimum Gasteiger partial charge on any atom is -0.444 e. The quantitative estimate of drug-likeness (QED) is 0.757. The normalized spacial score (nSPS) is 16.3. The summed E-state index contributed by atoms with van der Waals surface area (Å²) in [4.78, 5) is 40.2. The molecule has 1 aromatic carbocycles. The molecule has 1 aromatic rings. The van der Waals surface area contributed by atoms with E-state index >= 15 is 0 Å². The summed E-state index contributed by atoms with van der Waals surface area (Å²) >= 11 is 0. The van der Waals surface area contributed by atoms with Gasteiger partial charge in [-0.3, -0.25) is 14.5 Å². The van der Waals surface area contributed by atoms with Crippen molar-refractivity contribution in [2.24, 2.45) is 5.73 Å². The SMILES string of the molecule is CC(C)(C)OC(=O)N[C@@H](CC(N)=O)C(=O)N1CCN(Cc2ccccc2)CC1. The first kappa shape index (κ1) is 21.7. The van der Waals surface area contributed by atoms with E-state index in [1.54, 1.807) is 25.7 Å². The number of alkyl carbamates (subject to hydrolysis) is 1. The molecule has 0 saturated carbocycles. The van der Waals surface area contributed by atoms with Crippen molar-refractivity contribution in [2.45, 2.75) is 45.4 Å². The van der Waals surface area contributed by atoms with Crippen LogP contribution in [0.25, 0.3) is 0 Å². The number of carbonyl (C=O) groups excluding carboxylic acids is 3. The maximum atomic E-state index is 12.8. The molecule has 2 rings (SSSR count). The molecule has 154 valence electrons. The number of piperazine rings is 1. The third-order valence-corrected chi connectivity index (χ3v) is 4.33. The van der Waals surface area contributed by atoms with Gasteiger partial charge in [0.1, 0.15) is 11.6 Å². The second-order valence-corrected chi connectivity index (χ2v) is 7.96. The monoisotopic (exact) mass is 390 g/mol. The van der Waals surface area contributed by atoms with Crippen LogP contribution in [-0.2, 0) is 20.9 Å². The topological polar surface area (TPSA) is 105 Å². The minimum absolute atomic E-state index is 0.262. The molecule has 0 radical (unpaired) electrons. The van der Waals surface area contributed by atoms with Gasteiger partial charge in [-0.2, -0.15) is 0 Å². The van der Waals surface area contributed by atoms with Gasteiger partial charge in [-0.1, -0.05) is 30.3 Å². The summed E-state index contributed by atoms with van der Waals surface area (Å²) in [5.41, 5.74) is 5.78. The Balaban J connectivity index is 1.91. The fourth-order valence-corrected chi connectivity index (χ4v) is 3.04. The highest BCUT2D eigenvalue weighted by molar-refractivity contribution is 5.90. The highest BCUT2D eigenvalue weighted by Gasteiger charge is 2.31. The van der Waals surface area contributed by atoms with E-state index in [9.17, 15) is 14.4 Å². The molecule has 0 aromatic heterocycles. The first-order chi connectivity index (χ1) is 13.1. The van der Waals surface area contributed by atoms with Crippen LogP contribution in [0.15, 0.2) is 30.3 Å². The molecule has 0 unspecified atom stereocenters. The Morgan fingerprint density at radius 2 is 1.71 bits per heavy atom. The molecule has 0 spiro atoms. The third kappa shape index (κ3) is 7.19. The van der Waals surface area contributed by atoms with Crippen LogP contribution in [0, 0.1) is 0 Å². The molecular formula is C20H30N4O4. The number of nitrogens with two attached hydrogens (primary N) is 1. The van der Waals surface area contributed by atoms with Crippen LogP contribution < -0.4 is 11.1 Å². The van der Waals surface area contributed by atoms with Crippen LogP contribution in [0.1, 0.15) is 32.8 Å². The number of hydrogen-bond donors (Lipinski definition) is 2. The fourth-order valence-electron chi connectivity index (χ4n) is 3.04. The molecule has 0 bridgehead atoms. The van der Waals surface area contributed by atoms with E-state index in [1.165, 1.54) is 5.56 Å². The lowest BCUT2D eigenvalue weighted by molar-refractivity contribution is -0.137. The van der Waals surface area contributed by atoms with Gasteiger partial charge in [-0.25, -0.2) is 4.79 Å². The molecule has 1 fully saturated rings. The van der Waals surface area contributed by atoms with E-state index in [2.05, 4.69) is 22.3 Å². The zero-order chi connectivity index (χ0) is 20.7. The first-order valence-electron chi connectivity index (χ1n) is 9.47. The van der Waals surface area contributed by atoms with Gasteiger partial charge in [0.25, 0.3) is 0 Å². The van der Waals surface area contributed by atoms with E-state index in [4.69, 9.17) is 10.5 Å². The maximum Gasteiger partial charge on any atom is 0.408 e. The lowest BCUT2D eigenvalue weighted by Crippen LogP contribution is -2.56. The third-order valence-electron chi connectivity index (χ3n) is 4.33. The van der Waals surface area contributed by atoms with E-state index < -0.39 is 23.6 Å². The van der Waals surface area contributed by atoms with E-state index in [-0.39, 0.29) is 12.3 Å². The summed E-state index contributed by atoms with van der Waals surface area (Å²) in [5, 5.41) is 2.49. The molecule has 28 heavy (non-hydrogen) atoms. The van der Waals surface area contributed by atoms with Crippen molar-refractivity contribution >= 4 is 17.9 Å². The number of hydrogen-bond acceptors (Lipinski definition) is 5. The predicted octanol–water partition coefficient (Wildman–Crippen LogP) is 1.10. The van der Waals surface area contributed by atoms with Crippen molar-refractivity contribution < 1.29 is 19.1 Å². The van der Waals surface area contributed by atoms with Crippen molar-refractivity contribution in [1.29, 1.82) is 0 Å². The summed E-state index contributed by atoms with van der Waals surface area (Å²) in [6, 6.07) is 9.12. The van der Waals surface area contributed by atoms with Gasteiger partial charge in [0.05, 0.1) is 6.42 Å². The summed E-state index contributed by atoms with van der Waals surface area (Å²) in [6.07, 6.45) is -1.00. The Labute approximate surface area is 166 Å². The summed E-state index contributed by atoms with van der Waals surface area (Å²) in [6.45, 7) is 8.49.